The van der Waals surface area contributed by atoms with E-state index in [9.17, 15) is 4.39 Å². The zero-order valence-corrected chi connectivity index (χ0v) is 10.5. The molecule has 0 radical (unpaired) electrons. The van der Waals surface area contributed by atoms with Crippen LogP contribution in [0, 0.1) is 5.92 Å². The first-order chi connectivity index (χ1) is 6.88. The molecule has 0 spiro atoms. The smallest absolute Gasteiger partial charge is 0.120 e. The SMILES string of the molecule is CC(C)C[C@@]12CCCN1C(C)(C)[C@H](F)C2. The van der Waals surface area contributed by atoms with E-state index in [1.807, 2.05) is 0 Å². The molecule has 0 aromatic heterocycles. The van der Waals surface area contributed by atoms with Gasteiger partial charge in [0.2, 0.25) is 0 Å². The van der Waals surface area contributed by atoms with Crippen molar-refractivity contribution in [2.45, 2.75) is 70.6 Å². The van der Waals surface area contributed by atoms with Gasteiger partial charge in [0.15, 0.2) is 0 Å². The molecule has 2 heterocycles. The highest BCUT2D eigenvalue weighted by Gasteiger charge is 2.58. The van der Waals surface area contributed by atoms with Crippen LogP contribution in [-0.4, -0.2) is 28.7 Å². The Morgan fingerprint density at radius 2 is 2.07 bits per heavy atom. The standard InChI is InChI=1S/C13H24FN/c1-10(2)8-13-6-5-7-15(13)12(3,4)11(14)9-13/h10-11H,5-9H2,1-4H3/t11-,13-/m1/s1. The second-order valence-electron chi connectivity index (χ2n) is 6.40. The molecule has 0 N–H and O–H groups in total. The molecule has 0 amide bonds. The summed E-state index contributed by atoms with van der Waals surface area (Å²) >= 11 is 0. The Bertz CT molecular complexity index is 249. The molecule has 2 rings (SSSR count). The van der Waals surface area contributed by atoms with Crippen LogP contribution in [0.4, 0.5) is 4.39 Å². The molecule has 2 heteroatoms. The van der Waals surface area contributed by atoms with E-state index in [4.69, 9.17) is 0 Å². The average molecular weight is 213 g/mol. The zero-order valence-electron chi connectivity index (χ0n) is 10.5. The highest BCUT2D eigenvalue weighted by Crippen LogP contribution is 2.51. The first-order valence-corrected chi connectivity index (χ1v) is 6.30. The van der Waals surface area contributed by atoms with E-state index in [1.165, 1.54) is 12.8 Å². The molecule has 88 valence electrons. The van der Waals surface area contributed by atoms with Gasteiger partial charge in [-0.25, -0.2) is 4.39 Å². The van der Waals surface area contributed by atoms with Gasteiger partial charge in [-0.15, -0.1) is 0 Å². The minimum Gasteiger partial charge on any atom is -0.290 e. The summed E-state index contributed by atoms with van der Waals surface area (Å²) in [6.45, 7) is 9.75. The minimum absolute atomic E-state index is 0.192. The van der Waals surface area contributed by atoms with E-state index >= 15 is 0 Å². The molecule has 1 nitrogen and oxygen atoms in total. The van der Waals surface area contributed by atoms with Crippen molar-refractivity contribution in [3.63, 3.8) is 0 Å². The van der Waals surface area contributed by atoms with Crippen molar-refractivity contribution in [3.8, 4) is 0 Å². The topological polar surface area (TPSA) is 3.24 Å². The molecule has 2 saturated heterocycles. The van der Waals surface area contributed by atoms with Crippen LogP contribution in [0.15, 0.2) is 0 Å². The monoisotopic (exact) mass is 213 g/mol. The van der Waals surface area contributed by atoms with Gasteiger partial charge in [-0.3, -0.25) is 4.90 Å². The summed E-state index contributed by atoms with van der Waals surface area (Å²) in [5.74, 6) is 0.673. The second-order valence-corrected chi connectivity index (χ2v) is 6.40. The van der Waals surface area contributed by atoms with Gasteiger partial charge in [-0.1, -0.05) is 13.8 Å². The number of fused-ring (bicyclic) bond motifs is 1. The molecular weight excluding hydrogens is 189 g/mol. The normalized spacial score (nSPS) is 40.0. The Morgan fingerprint density at radius 3 is 2.67 bits per heavy atom. The fraction of sp³-hybridized carbons (Fsp3) is 1.00. The first kappa shape index (κ1) is 11.4. The molecule has 0 saturated carbocycles. The lowest BCUT2D eigenvalue weighted by Gasteiger charge is -2.39. The lowest BCUT2D eigenvalue weighted by molar-refractivity contribution is 0.0653. The van der Waals surface area contributed by atoms with Gasteiger partial charge < -0.3 is 0 Å². The summed E-state index contributed by atoms with van der Waals surface area (Å²) in [6.07, 6.45) is 3.74. The van der Waals surface area contributed by atoms with Gasteiger partial charge in [0, 0.05) is 11.1 Å². The van der Waals surface area contributed by atoms with E-state index in [0.29, 0.717) is 5.92 Å². The third-order valence-corrected chi connectivity index (χ3v) is 4.41. The lowest BCUT2D eigenvalue weighted by Crippen LogP contribution is -2.49. The predicted molar refractivity (Wildman–Crippen MR) is 61.7 cm³/mol. The molecule has 2 atom stereocenters. The molecule has 2 aliphatic rings. The maximum Gasteiger partial charge on any atom is 0.120 e. The fourth-order valence-electron chi connectivity index (χ4n) is 3.86. The van der Waals surface area contributed by atoms with E-state index in [-0.39, 0.29) is 11.1 Å². The minimum atomic E-state index is -0.642. The van der Waals surface area contributed by atoms with Gasteiger partial charge >= 0.3 is 0 Å². The highest BCUT2D eigenvalue weighted by molar-refractivity contribution is 5.12. The Morgan fingerprint density at radius 1 is 1.40 bits per heavy atom. The number of hydrogen-bond acceptors (Lipinski definition) is 1. The summed E-state index contributed by atoms with van der Waals surface area (Å²) in [6, 6.07) is 0. The maximum absolute atomic E-state index is 14.1. The second kappa shape index (κ2) is 3.44. The van der Waals surface area contributed by atoms with Crippen molar-refractivity contribution in [2.75, 3.05) is 6.54 Å². The molecule has 0 aromatic rings. The van der Waals surface area contributed by atoms with Gasteiger partial charge in [0.25, 0.3) is 0 Å². The van der Waals surface area contributed by atoms with Crippen LogP contribution in [0.5, 0.6) is 0 Å². The quantitative estimate of drug-likeness (QED) is 0.679. The van der Waals surface area contributed by atoms with Crippen molar-refractivity contribution in [2.24, 2.45) is 5.92 Å². The molecule has 2 fully saturated rings. The van der Waals surface area contributed by atoms with Gasteiger partial charge in [0.1, 0.15) is 6.17 Å². The first-order valence-electron chi connectivity index (χ1n) is 6.30. The predicted octanol–water partition coefficient (Wildman–Crippen LogP) is 3.39. The highest BCUT2D eigenvalue weighted by atomic mass is 19.1. The van der Waals surface area contributed by atoms with Crippen LogP contribution in [0.2, 0.25) is 0 Å². The van der Waals surface area contributed by atoms with Crippen LogP contribution in [0.1, 0.15) is 53.4 Å². The average Bonchev–Trinajstić information content (AvgIpc) is 2.53. The third-order valence-electron chi connectivity index (χ3n) is 4.41. The Kier molecular flexibility index (Phi) is 2.61. The van der Waals surface area contributed by atoms with Crippen molar-refractivity contribution in [1.82, 2.24) is 4.90 Å². The molecule has 0 unspecified atom stereocenters. The van der Waals surface area contributed by atoms with Crippen LogP contribution in [-0.2, 0) is 0 Å². The van der Waals surface area contributed by atoms with Crippen LogP contribution < -0.4 is 0 Å². The van der Waals surface area contributed by atoms with Gasteiger partial charge in [-0.2, -0.15) is 0 Å². The molecule has 0 bridgehead atoms. The van der Waals surface area contributed by atoms with Crippen LogP contribution >= 0.6 is 0 Å². The third kappa shape index (κ3) is 1.61. The maximum atomic E-state index is 14.1. The Balaban J connectivity index is 2.24. The van der Waals surface area contributed by atoms with Crippen molar-refractivity contribution in [3.05, 3.63) is 0 Å². The van der Waals surface area contributed by atoms with Crippen LogP contribution in [0.3, 0.4) is 0 Å². The summed E-state index contributed by atoms with van der Waals surface area (Å²) < 4.78 is 14.1. The van der Waals surface area contributed by atoms with E-state index in [2.05, 4.69) is 32.6 Å². The Hall–Kier alpha value is -0.110. The van der Waals surface area contributed by atoms with Gasteiger partial charge in [0.05, 0.1) is 0 Å². The van der Waals surface area contributed by atoms with Crippen LogP contribution in [0.25, 0.3) is 0 Å². The Labute approximate surface area is 93.0 Å². The summed E-state index contributed by atoms with van der Waals surface area (Å²) in [5.41, 5.74) is -0.0392. The molecule has 0 aliphatic carbocycles. The summed E-state index contributed by atoms with van der Waals surface area (Å²) in [5, 5.41) is 0. The number of rotatable bonds is 2. The van der Waals surface area contributed by atoms with E-state index in [0.717, 1.165) is 19.4 Å². The molecule has 2 aliphatic heterocycles. The zero-order chi connectivity index (χ0) is 11.3. The summed E-state index contributed by atoms with van der Waals surface area (Å²) in [7, 11) is 0. The fourth-order valence-corrected chi connectivity index (χ4v) is 3.86. The summed E-state index contributed by atoms with van der Waals surface area (Å²) in [4.78, 5) is 2.46. The van der Waals surface area contributed by atoms with E-state index < -0.39 is 6.17 Å². The van der Waals surface area contributed by atoms with Crippen molar-refractivity contribution in [1.29, 1.82) is 0 Å². The van der Waals surface area contributed by atoms with Crippen molar-refractivity contribution >= 4 is 0 Å². The van der Waals surface area contributed by atoms with Gasteiger partial charge in [-0.05, 0) is 52.0 Å². The molecular formula is C13H24FN. The lowest BCUT2D eigenvalue weighted by atomic mass is 9.85. The van der Waals surface area contributed by atoms with Crippen molar-refractivity contribution < 1.29 is 4.39 Å². The molecule has 0 aromatic carbocycles. The largest absolute Gasteiger partial charge is 0.290 e. The number of nitrogens with zero attached hydrogens (tertiary/aromatic N) is 1. The number of halogens is 1. The number of alkyl halides is 1. The number of hydrogen-bond donors (Lipinski definition) is 0. The van der Waals surface area contributed by atoms with E-state index in [1.54, 1.807) is 0 Å². The molecule has 15 heavy (non-hydrogen) atoms.